The minimum atomic E-state index is 0.406. The Kier molecular flexibility index (Phi) is 2.03. The summed E-state index contributed by atoms with van der Waals surface area (Å²) in [6, 6.07) is 8.92. The van der Waals surface area contributed by atoms with Gasteiger partial charge in [-0.2, -0.15) is 0 Å². The number of aromatic amines is 1. The van der Waals surface area contributed by atoms with E-state index in [2.05, 4.69) is 35.4 Å². The molecule has 0 radical (unpaired) electrons. The summed E-state index contributed by atoms with van der Waals surface area (Å²) in [5.41, 5.74) is 8.67. The van der Waals surface area contributed by atoms with Crippen molar-refractivity contribution in [2.75, 3.05) is 0 Å². The van der Waals surface area contributed by atoms with Crippen LogP contribution in [0.4, 0.5) is 0 Å². The zero-order chi connectivity index (χ0) is 10.3. The van der Waals surface area contributed by atoms with Crippen molar-refractivity contribution in [2.24, 2.45) is 5.73 Å². The molecular weight excluding hydrogens is 184 g/mol. The summed E-state index contributed by atoms with van der Waals surface area (Å²) in [6.07, 6.45) is 5.71. The van der Waals surface area contributed by atoms with Crippen LogP contribution in [0.1, 0.15) is 30.7 Å². The molecule has 0 aliphatic heterocycles. The van der Waals surface area contributed by atoms with E-state index in [4.69, 9.17) is 5.73 Å². The largest absolute Gasteiger partial charge is 0.361 e. The van der Waals surface area contributed by atoms with Gasteiger partial charge in [-0.05, 0) is 36.8 Å². The van der Waals surface area contributed by atoms with Gasteiger partial charge in [0.1, 0.15) is 0 Å². The molecule has 2 nitrogen and oxygen atoms in total. The lowest BCUT2D eigenvalue weighted by Crippen LogP contribution is -2.14. The lowest BCUT2D eigenvalue weighted by atomic mass is 9.97. The van der Waals surface area contributed by atoms with E-state index < -0.39 is 0 Å². The van der Waals surface area contributed by atoms with Gasteiger partial charge in [0.15, 0.2) is 0 Å². The van der Waals surface area contributed by atoms with Gasteiger partial charge in [-0.3, -0.25) is 0 Å². The maximum absolute atomic E-state index is 5.97. The number of benzene rings is 1. The van der Waals surface area contributed by atoms with E-state index in [-0.39, 0.29) is 0 Å². The molecule has 2 heteroatoms. The fraction of sp³-hybridized carbons (Fsp3) is 0.385. The molecule has 1 aliphatic carbocycles. The molecule has 3 N–H and O–H groups in total. The summed E-state index contributed by atoms with van der Waals surface area (Å²) in [5.74, 6) is 0.663. The summed E-state index contributed by atoms with van der Waals surface area (Å²) in [6.45, 7) is 0. The molecule has 0 spiro atoms. The van der Waals surface area contributed by atoms with Gasteiger partial charge < -0.3 is 10.7 Å². The number of hydrogen-bond donors (Lipinski definition) is 2. The SMILES string of the molecule is NC1CCC(c2c[nH]c3ccccc23)C1. The number of nitrogens with one attached hydrogen (secondary N) is 1. The molecule has 2 atom stereocenters. The van der Waals surface area contributed by atoms with Crippen LogP contribution < -0.4 is 5.73 Å². The van der Waals surface area contributed by atoms with Crippen LogP contribution in [0.2, 0.25) is 0 Å². The summed E-state index contributed by atoms with van der Waals surface area (Å²) in [7, 11) is 0. The van der Waals surface area contributed by atoms with Gasteiger partial charge in [0.05, 0.1) is 0 Å². The second-order valence-corrected chi connectivity index (χ2v) is 4.56. The van der Waals surface area contributed by atoms with Crippen LogP contribution >= 0.6 is 0 Å². The van der Waals surface area contributed by atoms with Crippen molar-refractivity contribution < 1.29 is 0 Å². The Morgan fingerprint density at radius 3 is 2.87 bits per heavy atom. The summed E-state index contributed by atoms with van der Waals surface area (Å²) < 4.78 is 0. The molecule has 2 unspecified atom stereocenters. The predicted molar refractivity (Wildman–Crippen MR) is 62.9 cm³/mol. The number of H-pyrrole nitrogens is 1. The Bertz CT molecular complexity index is 472. The molecule has 3 rings (SSSR count). The van der Waals surface area contributed by atoms with E-state index in [1.165, 1.54) is 29.3 Å². The summed E-state index contributed by atoms with van der Waals surface area (Å²) in [4.78, 5) is 3.34. The number of aromatic nitrogens is 1. The number of hydrogen-bond acceptors (Lipinski definition) is 1. The lowest BCUT2D eigenvalue weighted by molar-refractivity contribution is 0.677. The van der Waals surface area contributed by atoms with Crippen molar-refractivity contribution in [3.05, 3.63) is 36.0 Å². The number of rotatable bonds is 1. The van der Waals surface area contributed by atoms with Gasteiger partial charge in [0, 0.05) is 23.1 Å². The Morgan fingerprint density at radius 2 is 2.07 bits per heavy atom. The van der Waals surface area contributed by atoms with Crippen LogP contribution in [0.15, 0.2) is 30.5 Å². The van der Waals surface area contributed by atoms with Crippen molar-refractivity contribution >= 4 is 10.9 Å². The highest BCUT2D eigenvalue weighted by Gasteiger charge is 2.24. The van der Waals surface area contributed by atoms with Gasteiger partial charge in [0.2, 0.25) is 0 Å². The first-order chi connectivity index (χ1) is 7.34. The minimum absolute atomic E-state index is 0.406. The van der Waals surface area contributed by atoms with Gasteiger partial charge in [-0.1, -0.05) is 18.2 Å². The second-order valence-electron chi connectivity index (χ2n) is 4.56. The Morgan fingerprint density at radius 1 is 1.20 bits per heavy atom. The monoisotopic (exact) mass is 200 g/mol. The molecule has 0 bridgehead atoms. The van der Waals surface area contributed by atoms with Crippen molar-refractivity contribution in [1.29, 1.82) is 0 Å². The molecule has 0 amide bonds. The quantitative estimate of drug-likeness (QED) is 0.730. The maximum Gasteiger partial charge on any atom is 0.0456 e. The topological polar surface area (TPSA) is 41.8 Å². The molecule has 1 aromatic heterocycles. The first-order valence-corrected chi connectivity index (χ1v) is 5.66. The van der Waals surface area contributed by atoms with E-state index in [1.807, 2.05) is 0 Å². The van der Waals surface area contributed by atoms with Crippen molar-refractivity contribution in [3.63, 3.8) is 0 Å². The van der Waals surface area contributed by atoms with E-state index in [0.29, 0.717) is 12.0 Å². The molecule has 78 valence electrons. The normalized spacial score (nSPS) is 26.2. The minimum Gasteiger partial charge on any atom is -0.361 e. The Labute approximate surface area is 89.5 Å². The van der Waals surface area contributed by atoms with Crippen LogP contribution in [0.25, 0.3) is 10.9 Å². The fourth-order valence-corrected chi connectivity index (χ4v) is 2.73. The van der Waals surface area contributed by atoms with Gasteiger partial charge >= 0.3 is 0 Å². The smallest absolute Gasteiger partial charge is 0.0456 e. The molecular formula is C13H16N2. The molecule has 0 saturated heterocycles. The average molecular weight is 200 g/mol. The number of nitrogens with two attached hydrogens (primary N) is 1. The second kappa shape index (κ2) is 3.38. The third-order valence-corrected chi connectivity index (χ3v) is 3.53. The van der Waals surface area contributed by atoms with Gasteiger partial charge in [-0.15, -0.1) is 0 Å². The van der Waals surface area contributed by atoms with E-state index in [1.54, 1.807) is 0 Å². The van der Waals surface area contributed by atoms with Gasteiger partial charge in [-0.25, -0.2) is 0 Å². The Hall–Kier alpha value is -1.28. The average Bonchev–Trinajstić information content (AvgIpc) is 2.83. The van der Waals surface area contributed by atoms with Crippen LogP contribution in [0, 0.1) is 0 Å². The molecule has 1 heterocycles. The van der Waals surface area contributed by atoms with Crippen LogP contribution in [0.3, 0.4) is 0 Å². The standard InChI is InChI=1S/C13H16N2/c14-10-6-5-9(7-10)12-8-15-13-4-2-1-3-11(12)13/h1-4,8-10,15H,5-7,14H2. The fourth-order valence-electron chi connectivity index (χ4n) is 2.73. The first kappa shape index (κ1) is 8.98. The zero-order valence-electron chi connectivity index (χ0n) is 8.74. The van der Waals surface area contributed by atoms with Gasteiger partial charge in [0.25, 0.3) is 0 Å². The molecule has 15 heavy (non-hydrogen) atoms. The van der Waals surface area contributed by atoms with Crippen molar-refractivity contribution in [3.8, 4) is 0 Å². The predicted octanol–water partition coefficient (Wildman–Crippen LogP) is 2.76. The van der Waals surface area contributed by atoms with Crippen LogP contribution in [-0.4, -0.2) is 11.0 Å². The van der Waals surface area contributed by atoms with E-state index >= 15 is 0 Å². The Balaban J connectivity index is 2.04. The third kappa shape index (κ3) is 1.45. The molecule has 2 aromatic rings. The number of para-hydroxylation sites is 1. The highest BCUT2D eigenvalue weighted by Crippen LogP contribution is 2.36. The number of fused-ring (bicyclic) bond motifs is 1. The summed E-state index contributed by atoms with van der Waals surface area (Å²) in [5, 5.41) is 1.37. The van der Waals surface area contributed by atoms with E-state index in [9.17, 15) is 0 Å². The first-order valence-electron chi connectivity index (χ1n) is 5.66. The van der Waals surface area contributed by atoms with Crippen LogP contribution in [0.5, 0.6) is 0 Å². The van der Waals surface area contributed by atoms with Crippen molar-refractivity contribution in [1.82, 2.24) is 4.98 Å². The lowest BCUT2D eigenvalue weighted by Gasteiger charge is -2.07. The van der Waals surface area contributed by atoms with Crippen molar-refractivity contribution in [2.45, 2.75) is 31.2 Å². The molecule has 1 fully saturated rings. The molecule has 1 aromatic carbocycles. The molecule has 1 aliphatic rings. The van der Waals surface area contributed by atoms with E-state index in [0.717, 1.165) is 6.42 Å². The zero-order valence-corrected chi connectivity index (χ0v) is 8.74. The highest BCUT2D eigenvalue weighted by molar-refractivity contribution is 5.83. The summed E-state index contributed by atoms with van der Waals surface area (Å²) >= 11 is 0. The maximum atomic E-state index is 5.97. The molecule has 1 saturated carbocycles. The highest BCUT2D eigenvalue weighted by atomic mass is 14.7. The van der Waals surface area contributed by atoms with Crippen LogP contribution in [-0.2, 0) is 0 Å². The third-order valence-electron chi connectivity index (χ3n) is 3.53.